The first-order valence-corrected chi connectivity index (χ1v) is 11.0. The Hall–Kier alpha value is -4.11. The summed E-state index contributed by atoms with van der Waals surface area (Å²) in [6.07, 6.45) is 1.49. The molecule has 3 amide bonds. The zero-order valence-electron chi connectivity index (χ0n) is 18.9. The van der Waals surface area contributed by atoms with Crippen molar-refractivity contribution in [1.82, 2.24) is 10.2 Å². The van der Waals surface area contributed by atoms with Crippen LogP contribution in [0.15, 0.2) is 77.4 Å². The highest BCUT2D eigenvalue weighted by Crippen LogP contribution is 2.20. The van der Waals surface area contributed by atoms with E-state index in [1.807, 2.05) is 6.07 Å². The number of nitrogens with zero attached hydrogens (tertiary/aromatic N) is 1. The SMILES string of the molecule is CN(CC(=O)Nc1ccccc1Cl)C(=O)COC(=O)C(Cc1ccccc1)NC(=O)c1ccco1. The molecule has 0 saturated heterocycles. The van der Waals surface area contributed by atoms with Crippen LogP contribution in [-0.4, -0.2) is 54.8 Å². The summed E-state index contributed by atoms with van der Waals surface area (Å²) in [4.78, 5) is 50.9. The number of amides is 3. The van der Waals surface area contributed by atoms with Crippen molar-refractivity contribution in [2.24, 2.45) is 0 Å². The first-order chi connectivity index (χ1) is 16.8. The van der Waals surface area contributed by atoms with Crippen LogP contribution in [0.25, 0.3) is 0 Å². The van der Waals surface area contributed by atoms with E-state index in [0.29, 0.717) is 10.7 Å². The van der Waals surface area contributed by atoms with Gasteiger partial charge in [0.25, 0.3) is 11.8 Å². The zero-order valence-corrected chi connectivity index (χ0v) is 19.7. The summed E-state index contributed by atoms with van der Waals surface area (Å²) in [5.41, 5.74) is 1.20. The Kier molecular flexibility index (Phi) is 9.02. The molecule has 0 radical (unpaired) electrons. The molecule has 1 unspecified atom stereocenters. The van der Waals surface area contributed by atoms with Gasteiger partial charge in [-0.1, -0.05) is 54.1 Å². The number of furan rings is 1. The van der Waals surface area contributed by atoms with Gasteiger partial charge in [-0.25, -0.2) is 4.79 Å². The third-order valence-electron chi connectivity index (χ3n) is 4.91. The summed E-state index contributed by atoms with van der Waals surface area (Å²) in [6.45, 7) is -0.874. The van der Waals surface area contributed by atoms with Crippen molar-refractivity contribution in [2.45, 2.75) is 12.5 Å². The number of para-hydroxylation sites is 1. The van der Waals surface area contributed by atoms with Gasteiger partial charge in [0.2, 0.25) is 5.91 Å². The monoisotopic (exact) mass is 497 g/mol. The smallest absolute Gasteiger partial charge is 0.329 e. The number of anilines is 1. The van der Waals surface area contributed by atoms with E-state index in [9.17, 15) is 19.2 Å². The highest BCUT2D eigenvalue weighted by atomic mass is 35.5. The molecule has 1 atom stereocenters. The Labute approximate surface area is 207 Å². The molecule has 1 heterocycles. The highest BCUT2D eigenvalue weighted by molar-refractivity contribution is 6.33. The summed E-state index contributed by atoms with van der Waals surface area (Å²) in [6, 6.07) is 17.7. The summed E-state index contributed by atoms with van der Waals surface area (Å²) >= 11 is 6.02. The molecule has 2 aromatic carbocycles. The van der Waals surface area contributed by atoms with E-state index in [4.69, 9.17) is 20.8 Å². The quantitative estimate of drug-likeness (QED) is 0.416. The number of benzene rings is 2. The maximum absolute atomic E-state index is 12.7. The molecule has 0 aliphatic heterocycles. The van der Waals surface area contributed by atoms with Gasteiger partial charge in [0.1, 0.15) is 6.04 Å². The highest BCUT2D eigenvalue weighted by Gasteiger charge is 2.26. The second-order valence-corrected chi connectivity index (χ2v) is 7.99. The van der Waals surface area contributed by atoms with Crippen LogP contribution in [0.4, 0.5) is 5.69 Å². The average Bonchev–Trinajstić information content (AvgIpc) is 3.39. The lowest BCUT2D eigenvalue weighted by molar-refractivity contribution is -0.153. The lowest BCUT2D eigenvalue weighted by Crippen LogP contribution is -2.44. The van der Waals surface area contributed by atoms with Crippen LogP contribution >= 0.6 is 11.6 Å². The second-order valence-electron chi connectivity index (χ2n) is 7.58. The van der Waals surface area contributed by atoms with Crippen molar-refractivity contribution in [1.29, 1.82) is 0 Å². The van der Waals surface area contributed by atoms with Crippen LogP contribution in [0.1, 0.15) is 16.1 Å². The van der Waals surface area contributed by atoms with Crippen molar-refractivity contribution in [3.63, 3.8) is 0 Å². The molecule has 3 aromatic rings. The molecular weight excluding hydrogens is 474 g/mol. The number of esters is 1. The zero-order chi connectivity index (χ0) is 25.2. The Morgan fingerprint density at radius 2 is 1.71 bits per heavy atom. The number of halogens is 1. The largest absolute Gasteiger partial charge is 0.459 e. The maximum Gasteiger partial charge on any atom is 0.329 e. The Balaban J connectivity index is 1.55. The van der Waals surface area contributed by atoms with Gasteiger partial charge in [-0.15, -0.1) is 0 Å². The van der Waals surface area contributed by atoms with Crippen molar-refractivity contribution < 1.29 is 28.3 Å². The molecule has 2 N–H and O–H groups in total. The van der Waals surface area contributed by atoms with E-state index in [1.54, 1.807) is 54.6 Å². The number of rotatable bonds is 10. The van der Waals surface area contributed by atoms with Gasteiger partial charge in [0, 0.05) is 13.5 Å². The predicted octanol–water partition coefficient (Wildman–Crippen LogP) is 2.91. The molecular formula is C25H24ClN3O6. The fraction of sp³-hybridized carbons (Fsp3) is 0.200. The maximum atomic E-state index is 12.7. The van der Waals surface area contributed by atoms with Gasteiger partial charge in [-0.3, -0.25) is 14.4 Å². The molecule has 3 rings (SSSR count). The lowest BCUT2D eigenvalue weighted by atomic mass is 10.1. The molecule has 182 valence electrons. The molecule has 0 aliphatic rings. The third-order valence-corrected chi connectivity index (χ3v) is 5.24. The van der Waals surface area contributed by atoms with Crippen LogP contribution in [0, 0.1) is 0 Å². The minimum absolute atomic E-state index is 0.0382. The Bertz CT molecular complexity index is 1170. The average molecular weight is 498 g/mol. The molecule has 10 heteroatoms. The molecule has 0 aliphatic carbocycles. The number of nitrogens with one attached hydrogen (secondary N) is 2. The Morgan fingerprint density at radius 1 is 1.00 bits per heavy atom. The van der Waals surface area contributed by atoms with Crippen LogP contribution in [0.2, 0.25) is 5.02 Å². The van der Waals surface area contributed by atoms with Gasteiger partial charge >= 0.3 is 5.97 Å². The molecule has 0 fully saturated rings. The van der Waals surface area contributed by atoms with Crippen LogP contribution < -0.4 is 10.6 Å². The van der Waals surface area contributed by atoms with Crippen molar-refractivity contribution in [3.8, 4) is 0 Å². The number of hydrogen-bond donors (Lipinski definition) is 2. The molecule has 0 saturated carbocycles. The summed E-state index contributed by atoms with van der Waals surface area (Å²) in [7, 11) is 1.41. The fourth-order valence-corrected chi connectivity index (χ4v) is 3.26. The van der Waals surface area contributed by atoms with Crippen molar-refractivity contribution >= 4 is 41.0 Å². The molecule has 0 bridgehead atoms. The van der Waals surface area contributed by atoms with Gasteiger partial charge in [0.15, 0.2) is 12.4 Å². The van der Waals surface area contributed by atoms with Crippen LogP contribution in [0.5, 0.6) is 0 Å². The second kappa shape index (κ2) is 12.4. The fourth-order valence-electron chi connectivity index (χ4n) is 3.08. The van der Waals surface area contributed by atoms with Crippen molar-refractivity contribution in [3.05, 3.63) is 89.3 Å². The standard InChI is InChI=1S/C25H24ClN3O6/c1-29(15-22(30)27-19-11-6-5-10-18(19)26)23(31)16-35-25(33)20(14-17-8-3-2-4-9-17)28-24(32)21-12-7-13-34-21/h2-13,20H,14-16H2,1H3,(H,27,30)(H,28,32). The molecule has 9 nitrogen and oxygen atoms in total. The van der Waals surface area contributed by atoms with Gasteiger partial charge < -0.3 is 24.7 Å². The number of carbonyl (C=O) groups is 4. The number of ether oxygens (including phenoxy) is 1. The van der Waals surface area contributed by atoms with E-state index >= 15 is 0 Å². The number of carbonyl (C=O) groups excluding carboxylic acids is 4. The first-order valence-electron chi connectivity index (χ1n) is 10.7. The van der Waals surface area contributed by atoms with Crippen LogP contribution in [-0.2, 0) is 25.5 Å². The molecule has 0 spiro atoms. The van der Waals surface area contributed by atoms with E-state index in [1.165, 1.54) is 19.4 Å². The number of hydrogen-bond acceptors (Lipinski definition) is 6. The van der Waals surface area contributed by atoms with Gasteiger partial charge in [0.05, 0.1) is 23.5 Å². The van der Waals surface area contributed by atoms with E-state index in [2.05, 4.69) is 10.6 Å². The number of likely N-dealkylation sites (N-methyl/N-ethyl adjacent to an activating group) is 1. The summed E-state index contributed by atoms with van der Waals surface area (Å²) in [5, 5.41) is 5.55. The van der Waals surface area contributed by atoms with Gasteiger partial charge in [-0.2, -0.15) is 0 Å². The van der Waals surface area contributed by atoms with Gasteiger partial charge in [-0.05, 0) is 29.8 Å². The van der Waals surface area contributed by atoms with E-state index in [0.717, 1.165) is 10.5 Å². The van der Waals surface area contributed by atoms with Crippen molar-refractivity contribution in [2.75, 3.05) is 25.5 Å². The summed E-state index contributed by atoms with van der Waals surface area (Å²) < 4.78 is 10.2. The lowest BCUT2D eigenvalue weighted by Gasteiger charge is -2.20. The van der Waals surface area contributed by atoms with Crippen LogP contribution in [0.3, 0.4) is 0 Å². The first kappa shape index (κ1) is 25.5. The molecule has 35 heavy (non-hydrogen) atoms. The third kappa shape index (κ3) is 7.72. The topological polar surface area (TPSA) is 118 Å². The minimum atomic E-state index is -1.06. The van der Waals surface area contributed by atoms with E-state index < -0.39 is 36.3 Å². The normalized spacial score (nSPS) is 11.3. The molecule has 1 aromatic heterocycles. The minimum Gasteiger partial charge on any atom is -0.459 e. The van der Waals surface area contributed by atoms with E-state index in [-0.39, 0.29) is 18.7 Å². The summed E-state index contributed by atoms with van der Waals surface area (Å²) in [5.74, 6) is -2.41. The predicted molar refractivity (Wildman–Crippen MR) is 129 cm³/mol. The Morgan fingerprint density at radius 3 is 2.40 bits per heavy atom.